The highest BCUT2D eigenvalue weighted by molar-refractivity contribution is 7.17. The number of carbonyl (C=O) groups excluding carboxylic acids is 2. The molecule has 0 bridgehead atoms. The van der Waals surface area contributed by atoms with Crippen LogP contribution in [0.1, 0.15) is 38.6 Å². The van der Waals surface area contributed by atoms with Crippen molar-refractivity contribution >= 4 is 45.8 Å². The smallest absolute Gasteiger partial charge is 0.350 e. The lowest BCUT2D eigenvalue weighted by Gasteiger charge is -2.18. The molecule has 0 aliphatic heterocycles. The first-order valence-corrected chi connectivity index (χ1v) is 10.9. The number of aryl methyl sites for hydroxylation is 2. The molecule has 0 spiro atoms. The summed E-state index contributed by atoms with van der Waals surface area (Å²) < 4.78 is 18.3. The van der Waals surface area contributed by atoms with E-state index >= 15 is 0 Å². The monoisotopic (exact) mass is 445 g/mol. The Hall–Kier alpha value is -2.91. The maximum absolute atomic E-state index is 13.3. The van der Waals surface area contributed by atoms with Gasteiger partial charge in [-0.15, -0.1) is 11.3 Å². The Morgan fingerprint density at radius 3 is 2.57 bits per heavy atom. The maximum atomic E-state index is 13.3. The Morgan fingerprint density at radius 2 is 1.93 bits per heavy atom. The molecular formula is C21H20FN3O3S2. The van der Waals surface area contributed by atoms with E-state index < -0.39 is 5.97 Å². The summed E-state index contributed by atoms with van der Waals surface area (Å²) in [4.78, 5) is 35.7. The number of nitrogens with zero attached hydrogens (tertiary/aromatic N) is 3. The van der Waals surface area contributed by atoms with Gasteiger partial charge in [0.1, 0.15) is 10.7 Å². The van der Waals surface area contributed by atoms with Gasteiger partial charge in [-0.1, -0.05) is 23.5 Å². The summed E-state index contributed by atoms with van der Waals surface area (Å²) in [5.74, 6) is -1.15. The maximum Gasteiger partial charge on any atom is 0.350 e. The molecule has 1 amide bonds. The fourth-order valence-corrected chi connectivity index (χ4v) is 4.15. The third kappa shape index (κ3) is 5.37. The Labute approximate surface area is 181 Å². The fraction of sp³-hybridized carbons (Fsp3) is 0.238. The minimum atomic E-state index is -0.471. The number of hydrogen-bond donors (Lipinski definition) is 0. The second kappa shape index (κ2) is 9.73. The van der Waals surface area contributed by atoms with Gasteiger partial charge in [0.15, 0.2) is 5.13 Å². The number of ether oxygens (including phenoxy) is 1. The summed E-state index contributed by atoms with van der Waals surface area (Å²) in [6.07, 6.45) is 3.05. The Balaban J connectivity index is 1.91. The average Bonchev–Trinajstić information content (AvgIpc) is 3.31. The van der Waals surface area contributed by atoms with Crippen molar-refractivity contribution < 1.29 is 18.7 Å². The quantitative estimate of drug-likeness (QED) is 0.387. The zero-order chi connectivity index (χ0) is 21.7. The molecule has 1 aromatic carbocycles. The normalized spacial score (nSPS) is 11.1. The van der Waals surface area contributed by atoms with Crippen LogP contribution in [0.15, 0.2) is 35.7 Å². The second-order valence-electron chi connectivity index (χ2n) is 6.31. The molecule has 0 atom stereocenters. The summed E-state index contributed by atoms with van der Waals surface area (Å²) in [6, 6.07) is 5.89. The van der Waals surface area contributed by atoms with Crippen molar-refractivity contribution in [2.75, 3.05) is 11.5 Å². The van der Waals surface area contributed by atoms with Crippen LogP contribution >= 0.6 is 22.7 Å². The van der Waals surface area contributed by atoms with E-state index in [1.54, 1.807) is 32.1 Å². The van der Waals surface area contributed by atoms with Crippen molar-refractivity contribution in [1.29, 1.82) is 0 Å². The topological polar surface area (TPSA) is 72.4 Å². The van der Waals surface area contributed by atoms with Crippen molar-refractivity contribution in [3.63, 3.8) is 0 Å². The molecule has 0 unspecified atom stereocenters. The third-order valence-corrected chi connectivity index (χ3v) is 5.98. The van der Waals surface area contributed by atoms with Gasteiger partial charge in [0.25, 0.3) is 5.91 Å². The molecule has 3 aromatic rings. The Morgan fingerprint density at radius 1 is 1.20 bits per heavy atom. The van der Waals surface area contributed by atoms with Crippen LogP contribution in [0.4, 0.5) is 9.52 Å². The highest BCUT2D eigenvalue weighted by atomic mass is 32.1. The molecule has 2 aromatic heterocycles. The highest BCUT2D eigenvalue weighted by Crippen LogP contribution is 2.28. The van der Waals surface area contributed by atoms with Gasteiger partial charge >= 0.3 is 5.97 Å². The molecule has 0 radical (unpaired) electrons. The Kier molecular flexibility index (Phi) is 7.07. The molecule has 0 N–H and O–H groups in total. The molecule has 0 fully saturated rings. The number of aromatic nitrogens is 2. The largest absolute Gasteiger partial charge is 0.462 e. The van der Waals surface area contributed by atoms with Crippen LogP contribution in [0.25, 0.3) is 6.08 Å². The van der Waals surface area contributed by atoms with E-state index in [2.05, 4.69) is 9.97 Å². The van der Waals surface area contributed by atoms with Gasteiger partial charge in [0.2, 0.25) is 0 Å². The first-order chi connectivity index (χ1) is 14.4. The number of amides is 1. The molecule has 0 saturated heterocycles. The van der Waals surface area contributed by atoms with Gasteiger partial charge < -0.3 is 4.74 Å². The lowest BCUT2D eigenvalue weighted by atomic mass is 10.2. The number of thiazole rings is 2. The van der Waals surface area contributed by atoms with Crippen molar-refractivity contribution in [2.24, 2.45) is 0 Å². The molecule has 0 saturated carbocycles. The first kappa shape index (κ1) is 21.8. The van der Waals surface area contributed by atoms with Crippen molar-refractivity contribution in [1.82, 2.24) is 9.97 Å². The van der Waals surface area contributed by atoms with Gasteiger partial charge in [0, 0.05) is 11.5 Å². The van der Waals surface area contributed by atoms with Crippen LogP contribution in [0.3, 0.4) is 0 Å². The van der Waals surface area contributed by atoms with Crippen LogP contribution in [0, 0.1) is 19.7 Å². The minimum Gasteiger partial charge on any atom is -0.462 e. The zero-order valence-corrected chi connectivity index (χ0v) is 18.3. The van der Waals surface area contributed by atoms with Crippen LogP contribution < -0.4 is 4.90 Å². The van der Waals surface area contributed by atoms with Gasteiger partial charge in [0.05, 0.1) is 29.5 Å². The SMILES string of the molecule is CCOC(=O)c1sc(N(Cc2ccc(F)cc2)C(=O)/C=C/c2csc(C)n2)nc1C. The van der Waals surface area contributed by atoms with Crippen LogP contribution in [0.2, 0.25) is 0 Å². The molecule has 3 rings (SSSR count). The summed E-state index contributed by atoms with van der Waals surface area (Å²) in [7, 11) is 0. The molecule has 6 nitrogen and oxygen atoms in total. The number of rotatable bonds is 7. The van der Waals surface area contributed by atoms with E-state index in [4.69, 9.17) is 4.74 Å². The number of carbonyl (C=O) groups is 2. The van der Waals surface area contributed by atoms with Crippen molar-refractivity contribution in [2.45, 2.75) is 27.3 Å². The molecule has 0 aliphatic rings. The van der Waals surface area contributed by atoms with Crippen LogP contribution in [-0.2, 0) is 16.1 Å². The van der Waals surface area contributed by atoms with E-state index in [1.807, 2.05) is 12.3 Å². The molecule has 9 heteroatoms. The molecule has 30 heavy (non-hydrogen) atoms. The highest BCUT2D eigenvalue weighted by Gasteiger charge is 2.23. The average molecular weight is 446 g/mol. The van der Waals surface area contributed by atoms with E-state index in [0.29, 0.717) is 21.4 Å². The van der Waals surface area contributed by atoms with E-state index in [1.165, 1.54) is 34.4 Å². The lowest BCUT2D eigenvalue weighted by molar-refractivity contribution is -0.114. The van der Waals surface area contributed by atoms with Gasteiger partial charge in [-0.3, -0.25) is 9.69 Å². The van der Waals surface area contributed by atoms with Crippen LogP contribution in [0.5, 0.6) is 0 Å². The fourth-order valence-electron chi connectivity index (χ4n) is 2.60. The number of anilines is 1. The van der Waals surface area contributed by atoms with Crippen molar-refractivity contribution in [3.05, 3.63) is 68.4 Å². The van der Waals surface area contributed by atoms with Gasteiger partial charge in [-0.05, 0) is 44.5 Å². The van der Waals surface area contributed by atoms with Gasteiger partial charge in [-0.2, -0.15) is 0 Å². The number of benzene rings is 1. The van der Waals surface area contributed by atoms with Crippen molar-refractivity contribution in [3.8, 4) is 0 Å². The van der Waals surface area contributed by atoms with Crippen LogP contribution in [-0.4, -0.2) is 28.5 Å². The minimum absolute atomic E-state index is 0.175. The molecule has 156 valence electrons. The van der Waals surface area contributed by atoms with E-state index in [-0.39, 0.29) is 24.9 Å². The summed E-state index contributed by atoms with van der Waals surface area (Å²) in [6.45, 7) is 5.74. The molecular weight excluding hydrogens is 425 g/mol. The summed E-state index contributed by atoms with van der Waals surface area (Å²) >= 11 is 2.58. The Bertz CT molecular complexity index is 1070. The first-order valence-electron chi connectivity index (χ1n) is 9.18. The molecule has 0 aliphatic carbocycles. The number of hydrogen-bond acceptors (Lipinski definition) is 7. The number of esters is 1. The van der Waals surface area contributed by atoms with E-state index in [0.717, 1.165) is 21.9 Å². The van der Waals surface area contributed by atoms with Gasteiger partial charge in [-0.25, -0.2) is 19.2 Å². The van der Waals surface area contributed by atoms with E-state index in [9.17, 15) is 14.0 Å². The molecule has 2 heterocycles. The third-order valence-electron chi connectivity index (χ3n) is 4.03. The summed E-state index contributed by atoms with van der Waals surface area (Å²) in [5, 5.41) is 3.12. The lowest BCUT2D eigenvalue weighted by Crippen LogP contribution is -2.28. The number of halogens is 1. The zero-order valence-electron chi connectivity index (χ0n) is 16.7. The standard InChI is InChI=1S/C21H20FN3O3S2/c1-4-28-20(27)19-13(2)23-21(30-19)25(11-15-5-7-16(22)8-6-15)18(26)10-9-17-12-29-14(3)24-17/h5-10,12H,4,11H2,1-3H3/b10-9+. The summed E-state index contributed by atoms with van der Waals surface area (Å²) in [5.41, 5.74) is 1.91. The predicted octanol–water partition coefficient (Wildman–Crippen LogP) is 4.78. The predicted molar refractivity (Wildman–Crippen MR) is 116 cm³/mol. The second-order valence-corrected chi connectivity index (χ2v) is 8.35.